The molecule has 2 nitrogen and oxygen atoms in total. The minimum absolute atomic E-state index is 0.836. The summed E-state index contributed by atoms with van der Waals surface area (Å²) in [6, 6.07) is 14.1. The molecule has 0 saturated carbocycles. The predicted molar refractivity (Wildman–Crippen MR) is 85.2 cm³/mol. The van der Waals surface area contributed by atoms with Crippen LogP contribution in [0.4, 0.5) is 0 Å². The number of ether oxygens (including phenoxy) is 1. The Balaban J connectivity index is 2.21. The molecular weight excluding hydrogens is 322 g/mol. The summed E-state index contributed by atoms with van der Waals surface area (Å²) >= 11 is 5.26. The molecule has 0 saturated heterocycles. The fraction of sp³-hybridized carbons (Fsp3) is 0.200. The molecule has 0 heterocycles. The average Bonchev–Trinajstić information content (AvgIpc) is 2.43. The third-order valence-electron chi connectivity index (χ3n) is 2.69. The molecule has 0 bridgehead atoms. The summed E-state index contributed by atoms with van der Waals surface area (Å²) in [6.07, 6.45) is 2.05. The topological polar surface area (TPSA) is 21.3 Å². The second-order valence-electron chi connectivity index (χ2n) is 4.04. The van der Waals surface area contributed by atoms with Gasteiger partial charge in [-0.1, -0.05) is 34.1 Å². The van der Waals surface area contributed by atoms with Crippen LogP contribution in [0, 0.1) is 0 Å². The molecule has 0 atom stereocenters. The number of benzene rings is 2. The molecule has 0 aliphatic heterocycles. The van der Waals surface area contributed by atoms with E-state index in [1.165, 1.54) is 5.56 Å². The van der Waals surface area contributed by atoms with Gasteiger partial charge >= 0.3 is 0 Å². The Morgan fingerprint density at radius 3 is 2.68 bits per heavy atom. The summed E-state index contributed by atoms with van der Waals surface area (Å²) in [6.45, 7) is 0.836. The summed E-state index contributed by atoms with van der Waals surface area (Å²) in [5.41, 5.74) is 1.22. The van der Waals surface area contributed by atoms with Crippen molar-refractivity contribution in [3.05, 3.63) is 52.5 Å². The van der Waals surface area contributed by atoms with Gasteiger partial charge in [0.25, 0.3) is 0 Å². The van der Waals surface area contributed by atoms with Crippen LogP contribution in [0.2, 0.25) is 0 Å². The summed E-state index contributed by atoms with van der Waals surface area (Å²) in [4.78, 5) is 1.14. The highest BCUT2D eigenvalue weighted by atomic mass is 79.9. The lowest BCUT2D eigenvalue weighted by Gasteiger charge is -2.11. The van der Waals surface area contributed by atoms with Gasteiger partial charge in [-0.05, 0) is 43.1 Å². The zero-order valence-electron chi connectivity index (χ0n) is 10.9. The van der Waals surface area contributed by atoms with Crippen molar-refractivity contribution in [3.8, 4) is 11.5 Å². The highest BCUT2D eigenvalue weighted by molar-refractivity contribution is 9.10. The van der Waals surface area contributed by atoms with Crippen LogP contribution in [0.5, 0.6) is 11.5 Å². The first-order chi connectivity index (χ1) is 9.24. The van der Waals surface area contributed by atoms with Gasteiger partial charge in [-0.2, -0.15) is 0 Å². The van der Waals surface area contributed by atoms with E-state index in [1.807, 2.05) is 43.6 Å². The van der Waals surface area contributed by atoms with Crippen LogP contribution >= 0.6 is 27.7 Å². The molecule has 1 N–H and O–H groups in total. The van der Waals surface area contributed by atoms with Crippen molar-refractivity contribution in [2.45, 2.75) is 11.4 Å². The Bertz CT molecular complexity index is 560. The first kappa shape index (κ1) is 14.4. The molecule has 0 aromatic heterocycles. The number of rotatable bonds is 5. The average molecular weight is 338 g/mol. The standard InChI is InChI=1S/C15H16BrNOS/c1-17-10-11-7-8-12(9-13(11)16)18-14-5-3-4-6-15(14)19-2/h3-9,17H,10H2,1-2H3. The van der Waals surface area contributed by atoms with Crippen LogP contribution in [0.15, 0.2) is 51.8 Å². The second-order valence-corrected chi connectivity index (χ2v) is 5.74. The Hall–Kier alpha value is -0.970. The van der Waals surface area contributed by atoms with Gasteiger partial charge in [0.05, 0.1) is 0 Å². The molecule has 19 heavy (non-hydrogen) atoms. The van der Waals surface area contributed by atoms with E-state index in [-0.39, 0.29) is 0 Å². The van der Waals surface area contributed by atoms with E-state index >= 15 is 0 Å². The maximum atomic E-state index is 5.94. The van der Waals surface area contributed by atoms with Crippen LogP contribution in [-0.2, 0) is 6.54 Å². The van der Waals surface area contributed by atoms with Gasteiger partial charge in [0, 0.05) is 15.9 Å². The highest BCUT2D eigenvalue weighted by Gasteiger charge is 2.05. The molecule has 0 radical (unpaired) electrons. The van der Waals surface area contributed by atoms with Gasteiger partial charge in [-0.3, -0.25) is 0 Å². The summed E-state index contributed by atoms with van der Waals surface area (Å²) in [5.74, 6) is 1.73. The summed E-state index contributed by atoms with van der Waals surface area (Å²) in [5, 5.41) is 3.14. The number of thioether (sulfide) groups is 1. The highest BCUT2D eigenvalue weighted by Crippen LogP contribution is 2.32. The third kappa shape index (κ3) is 3.75. The second kappa shape index (κ2) is 6.98. The largest absolute Gasteiger partial charge is 0.456 e. The number of hydrogen-bond donors (Lipinski definition) is 1. The van der Waals surface area contributed by atoms with Crippen LogP contribution in [0.1, 0.15) is 5.56 Å². The lowest BCUT2D eigenvalue weighted by molar-refractivity contribution is 0.470. The Labute approximate surface area is 126 Å². The summed E-state index contributed by atoms with van der Waals surface area (Å²) in [7, 11) is 1.94. The fourth-order valence-corrected chi connectivity index (χ4v) is 2.78. The zero-order chi connectivity index (χ0) is 13.7. The predicted octanol–water partition coefficient (Wildman–Crippen LogP) is 4.68. The number of nitrogens with one attached hydrogen (secondary N) is 1. The lowest BCUT2D eigenvalue weighted by Crippen LogP contribution is -2.05. The summed E-state index contributed by atoms with van der Waals surface area (Å²) < 4.78 is 7.00. The van der Waals surface area contributed by atoms with Crippen molar-refractivity contribution in [2.24, 2.45) is 0 Å². The first-order valence-electron chi connectivity index (χ1n) is 5.98. The Kier molecular flexibility index (Phi) is 5.31. The van der Waals surface area contributed by atoms with Gasteiger partial charge in [0.15, 0.2) is 0 Å². The maximum absolute atomic E-state index is 5.94. The first-order valence-corrected chi connectivity index (χ1v) is 8.00. The molecule has 0 aliphatic rings. The monoisotopic (exact) mass is 337 g/mol. The van der Waals surface area contributed by atoms with Crippen LogP contribution in [0.3, 0.4) is 0 Å². The molecule has 0 spiro atoms. The fourth-order valence-electron chi connectivity index (χ4n) is 1.76. The van der Waals surface area contributed by atoms with Crippen molar-refractivity contribution in [1.82, 2.24) is 5.32 Å². The molecule has 0 amide bonds. The molecule has 2 aromatic rings. The van der Waals surface area contributed by atoms with Crippen molar-refractivity contribution in [2.75, 3.05) is 13.3 Å². The Morgan fingerprint density at radius 2 is 2.00 bits per heavy atom. The van der Waals surface area contributed by atoms with E-state index < -0.39 is 0 Å². The van der Waals surface area contributed by atoms with Crippen molar-refractivity contribution < 1.29 is 4.74 Å². The van der Waals surface area contributed by atoms with Crippen molar-refractivity contribution >= 4 is 27.7 Å². The molecule has 0 aliphatic carbocycles. The minimum atomic E-state index is 0.836. The molecule has 0 unspecified atom stereocenters. The number of hydrogen-bond acceptors (Lipinski definition) is 3. The van der Waals surface area contributed by atoms with E-state index in [9.17, 15) is 0 Å². The third-order valence-corrected chi connectivity index (χ3v) is 4.20. The van der Waals surface area contributed by atoms with Crippen LogP contribution in [0.25, 0.3) is 0 Å². The van der Waals surface area contributed by atoms with Gasteiger partial charge < -0.3 is 10.1 Å². The zero-order valence-corrected chi connectivity index (χ0v) is 13.3. The smallest absolute Gasteiger partial charge is 0.140 e. The number of halogens is 1. The molecular formula is C15H16BrNOS. The maximum Gasteiger partial charge on any atom is 0.140 e. The van der Waals surface area contributed by atoms with E-state index in [4.69, 9.17) is 4.74 Å². The molecule has 0 fully saturated rings. The van der Waals surface area contributed by atoms with E-state index in [0.717, 1.165) is 27.4 Å². The van der Waals surface area contributed by atoms with Crippen LogP contribution < -0.4 is 10.1 Å². The normalized spacial score (nSPS) is 10.5. The van der Waals surface area contributed by atoms with Crippen LogP contribution in [-0.4, -0.2) is 13.3 Å². The minimum Gasteiger partial charge on any atom is -0.456 e. The van der Waals surface area contributed by atoms with Gasteiger partial charge in [-0.25, -0.2) is 0 Å². The molecule has 2 rings (SSSR count). The molecule has 2 aromatic carbocycles. The van der Waals surface area contributed by atoms with Crippen molar-refractivity contribution in [3.63, 3.8) is 0 Å². The molecule has 4 heteroatoms. The molecule has 100 valence electrons. The van der Waals surface area contributed by atoms with Gasteiger partial charge in [0.1, 0.15) is 11.5 Å². The SMILES string of the molecule is CNCc1ccc(Oc2ccccc2SC)cc1Br. The van der Waals surface area contributed by atoms with Gasteiger partial charge in [0.2, 0.25) is 0 Å². The Morgan fingerprint density at radius 1 is 1.21 bits per heavy atom. The van der Waals surface area contributed by atoms with Gasteiger partial charge in [-0.15, -0.1) is 11.8 Å². The van der Waals surface area contributed by atoms with E-state index in [2.05, 4.69) is 33.4 Å². The van der Waals surface area contributed by atoms with E-state index in [1.54, 1.807) is 11.8 Å². The van der Waals surface area contributed by atoms with Crippen molar-refractivity contribution in [1.29, 1.82) is 0 Å². The van der Waals surface area contributed by atoms with E-state index in [0.29, 0.717) is 0 Å². The lowest BCUT2D eigenvalue weighted by atomic mass is 10.2. The quantitative estimate of drug-likeness (QED) is 0.800. The number of para-hydroxylation sites is 1.